The molecule has 5 rings (SSSR count). The fourth-order valence-corrected chi connectivity index (χ4v) is 4.80. The zero-order chi connectivity index (χ0) is 27.0. The third kappa shape index (κ3) is 5.01. The normalized spacial score (nSPS) is 17.6. The van der Waals surface area contributed by atoms with Crippen molar-refractivity contribution in [1.29, 1.82) is 0 Å². The summed E-state index contributed by atoms with van der Waals surface area (Å²) >= 11 is 0. The standard InChI is InChI=1S/C27H25F4N5O2/c1-16-12-17(10-11-32-16)19-7-6-18(13-25(19)38-2)22-14-36(34-33-22)24-9-8-20-21(28)4-3-5-23(20)35(26(24)37)15-27(29,30)31/h3-7,10-14,24,33-34H,8-9,15H2,1-2H3/t24-/m0/s1. The Hall–Kier alpha value is -4.12. The number of fused-ring (bicyclic) bond motifs is 1. The maximum absolute atomic E-state index is 14.5. The number of nitrogens with zero attached hydrogens (tertiary/aromatic N) is 3. The number of hydrazine groups is 2. The molecule has 0 aliphatic carbocycles. The summed E-state index contributed by atoms with van der Waals surface area (Å²) in [4.78, 5) is 18.2. The molecule has 3 heterocycles. The fourth-order valence-electron chi connectivity index (χ4n) is 4.80. The number of amides is 1. The van der Waals surface area contributed by atoms with E-state index < -0.39 is 30.5 Å². The number of methoxy groups -OCH3 is 1. The second kappa shape index (κ2) is 9.97. The van der Waals surface area contributed by atoms with Gasteiger partial charge in [0, 0.05) is 34.8 Å². The third-order valence-electron chi connectivity index (χ3n) is 6.59. The lowest BCUT2D eigenvalue weighted by Crippen LogP contribution is -2.53. The van der Waals surface area contributed by atoms with Crippen molar-refractivity contribution in [2.75, 3.05) is 18.6 Å². The summed E-state index contributed by atoms with van der Waals surface area (Å²) in [6.07, 6.45) is -1.11. The van der Waals surface area contributed by atoms with Gasteiger partial charge < -0.3 is 15.1 Å². The first-order valence-corrected chi connectivity index (χ1v) is 11.9. The van der Waals surface area contributed by atoms with Crippen molar-refractivity contribution in [3.8, 4) is 16.9 Å². The molecule has 3 aromatic rings. The van der Waals surface area contributed by atoms with E-state index >= 15 is 0 Å². The Morgan fingerprint density at radius 2 is 1.95 bits per heavy atom. The lowest BCUT2D eigenvalue weighted by Gasteiger charge is -2.30. The van der Waals surface area contributed by atoms with Gasteiger partial charge in [-0.25, -0.2) is 4.39 Å². The van der Waals surface area contributed by atoms with Crippen LogP contribution in [0.2, 0.25) is 0 Å². The summed E-state index contributed by atoms with van der Waals surface area (Å²) in [6, 6.07) is 12.3. The van der Waals surface area contributed by atoms with E-state index in [2.05, 4.69) is 15.9 Å². The van der Waals surface area contributed by atoms with E-state index in [0.29, 0.717) is 16.3 Å². The van der Waals surface area contributed by atoms with Crippen molar-refractivity contribution in [3.05, 3.63) is 83.6 Å². The molecular weight excluding hydrogens is 502 g/mol. The lowest BCUT2D eigenvalue weighted by atomic mass is 10.0. The Bertz CT molecular complexity index is 1410. The van der Waals surface area contributed by atoms with Gasteiger partial charge in [-0.2, -0.15) is 13.2 Å². The summed E-state index contributed by atoms with van der Waals surface area (Å²) in [7, 11) is 1.56. The lowest BCUT2D eigenvalue weighted by molar-refractivity contribution is -0.135. The Balaban J connectivity index is 1.44. The molecule has 11 heteroatoms. The number of benzene rings is 2. The van der Waals surface area contributed by atoms with Crippen LogP contribution in [0.15, 0.2) is 60.9 Å². The van der Waals surface area contributed by atoms with E-state index in [9.17, 15) is 22.4 Å². The smallest absolute Gasteiger partial charge is 0.406 e. The van der Waals surface area contributed by atoms with E-state index in [0.717, 1.165) is 22.4 Å². The average molecular weight is 528 g/mol. The van der Waals surface area contributed by atoms with E-state index in [1.165, 1.54) is 23.2 Å². The largest absolute Gasteiger partial charge is 0.496 e. The van der Waals surface area contributed by atoms with Crippen LogP contribution in [-0.4, -0.2) is 41.8 Å². The van der Waals surface area contributed by atoms with Gasteiger partial charge in [-0.15, -0.1) is 5.53 Å². The number of aromatic nitrogens is 1. The zero-order valence-electron chi connectivity index (χ0n) is 20.6. The van der Waals surface area contributed by atoms with Crippen LogP contribution in [0.3, 0.4) is 0 Å². The number of halogens is 4. The van der Waals surface area contributed by atoms with Crippen LogP contribution >= 0.6 is 0 Å². The minimum absolute atomic E-state index is 0.0575. The van der Waals surface area contributed by atoms with Gasteiger partial charge in [-0.1, -0.05) is 12.1 Å². The van der Waals surface area contributed by atoms with E-state index in [-0.39, 0.29) is 24.1 Å². The van der Waals surface area contributed by atoms with Gasteiger partial charge >= 0.3 is 6.18 Å². The molecule has 0 saturated heterocycles. The highest BCUT2D eigenvalue weighted by Crippen LogP contribution is 2.35. The molecule has 38 heavy (non-hydrogen) atoms. The number of hydrogen-bond acceptors (Lipinski definition) is 6. The molecular formula is C27H25F4N5O2. The number of anilines is 1. The molecule has 0 radical (unpaired) electrons. The summed E-state index contributed by atoms with van der Waals surface area (Å²) in [5.74, 6) is -0.801. The number of rotatable bonds is 5. The number of nitrogens with one attached hydrogen (secondary N) is 2. The zero-order valence-corrected chi connectivity index (χ0v) is 20.6. The molecule has 2 aromatic carbocycles. The molecule has 2 aliphatic heterocycles. The van der Waals surface area contributed by atoms with Crippen LogP contribution in [0.4, 0.5) is 23.2 Å². The van der Waals surface area contributed by atoms with Gasteiger partial charge in [0.05, 0.1) is 18.5 Å². The quantitative estimate of drug-likeness (QED) is 0.468. The van der Waals surface area contributed by atoms with Gasteiger partial charge in [-0.3, -0.25) is 14.8 Å². The SMILES string of the molecule is COc1cc(C2=CN([C@H]3CCc4c(F)cccc4N(CC(F)(F)F)C3=O)NN2)ccc1-c1ccnc(C)c1. The highest BCUT2D eigenvalue weighted by Gasteiger charge is 2.41. The maximum Gasteiger partial charge on any atom is 0.406 e. The first-order valence-electron chi connectivity index (χ1n) is 11.9. The summed E-state index contributed by atoms with van der Waals surface area (Å²) in [6.45, 7) is 0.388. The molecule has 1 amide bonds. The summed E-state index contributed by atoms with van der Waals surface area (Å²) in [5, 5.41) is 1.43. The van der Waals surface area contributed by atoms with Crippen LogP contribution in [0.5, 0.6) is 5.75 Å². The number of hydrogen-bond donors (Lipinski definition) is 2. The Morgan fingerprint density at radius 3 is 2.68 bits per heavy atom. The minimum Gasteiger partial charge on any atom is -0.496 e. The van der Waals surface area contributed by atoms with Gasteiger partial charge in [0.15, 0.2) is 0 Å². The molecule has 1 aromatic heterocycles. The molecule has 0 spiro atoms. The Labute approximate surface area is 216 Å². The van der Waals surface area contributed by atoms with Gasteiger partial charge in [-0.05, 0) is 61.7 Å². The molecule has 1 atom stereocenters. The van der Waals surface area contributed by atoms with Crippen molar-refractivity contribution in [2.24, 2.45) is 0 Å². The predicted molar refractivity (Wildman–Crippen MR) is 134 cm³/mol. The first kappa shape index (κ1) is 25.5. The monoisotopic (exact) mass is 527 g/mol. The summed E-state index contributed by atoms with van der Waals surface area (Å²) < 4.78 is 60.4. The Kier molecular flexibility index (Phi) is 6.70. The molecule has 198 valence electrons. The topological polar surface area (TPSA) is 69.7 Å². The van der Waals surface area contributed by atoms with Crippen LogP contribution in [0, 0.1) is 12.7 Å². The number of carbonyl (C=O) groups is 1. The van der Waals surface area contributed by atoms with E-state index in [4.69, 9.17) is 4.74 Å². The van der Waals surface area contributed by atoms with Gasteiger partial charge in [0.1, 0.15) is 24.2 Å². The number of aryl methyl sites for hydroxylation is 1. The minimum atomic E-state index is -4.66. The average Bonchev–Trinajstić information content (AvgIpc) is 3.32. The highest BCUT2D eigenvalue weighted by atomic mass is 19.4. The molecule has 7 nitrogen and oxygen atoms in total. The first-order chi connectivity index (χ1) is 18.1. The van der Waals surface area contributed by atoms with Gasteiger partial charge in [0.2, 0.25) is 0 Å². The van der Waals surface area contributed by atoms with Crippen molar-refractivity contribution < 1.29 is 27.1 Å². The third-order valence-corrected chi connectivity index (χ3v) is 6.59. The van der Waals surface area contributed by atoms with Crippen LogP contribution in [0.25, 0.3) is 16.8 Å². The van der Waals surface area contributed by atoms with Crippen molar-refractivity contribution in [3.63, 3.8) is 0 Å². The van der Waals surface area contributed by atoms with Crippen LogP contribution < -0.4 is 20.6 Å². The highest BCUT2D eigenvalue weighted by molar-refractivity contribution is 5.99. The van der Waals surface area contributed by atoms with Gasteiger partial charge in [0.25, 0.3) is 5.91 Å². The van der Waals surface area contributed by atoms with E-state index in [1.807, 2.05) is 37.3 Å². The van der Waals surface area contributed by atoms with Crippen molar-refractivity contribution in [2.45, 2.75) is 32.0 Å². The number of carbonyl (C=O) groups excluding carboxylic acids is 1. The predicted octanol–water partition coefficient (Wildman–Crippen LogP) is 4.74. The molecule has 0 unspecified atom stereocenters. The molecule has 0 bridgehead atoms. The van der Waals surface area contributed by atoms with Crippen molar-refractivity contribution >= 4 is 17.3 Å². The molecule has 2 N–H and O–H groups in total. The maximum atomic E-state index is 14.5. The Morgan fingerprint density at radius 1 is 1.13 bits per heavy atom. The second-order valence-corrected chi connectivity index (χ2v) is 9.12. The van der Waals surface area contributed by atoms with E-state index in [1.54, 1.807) is 19.5 Å². The fraction of sp³-hybridized carbons (Fsp3) is 0.259. The second-order valence-electron chi connectivity index (χ2n) is 9.12. The van der Waals surface area contributed by atoms with Crippen LogP contribution in [-0.2, 0) is 11.2 Å². The number of alkyl halides is 3. The van der Waals surface area contributed by atoms with Crippen molar-refractivity contribution in [1.82, 2.24) is 21.0 Å². The number of ether oxygens (including phenoxy) is 1. The van der Waals surface area contributed by atoms with Crippen LogP contribution in [0.1, 0.15) is 23.2 Å². The summed E-state index contributed by atoms with van der Waals surface area (Å²) in [5.41, 5.74) is 9.87. The molecule has 0 saturated carbocycles. The molecule has 0 fully saturated rings. The molecule has 2 aliphatic rings. The number of pyridine rings is 1.